The fraction of sp³-hybridized carbons (Fsp3) is 0.133. The quantitative estimate of drug-likeness (QED) is 0.330. The Morgan fingerprint density at radius 3 is 2.00 bits per heavy atom. The monoisotopic (exact) mass is 414 g/mol. The molecule has 11 heteroatoms. The number of carbonyl (C=O) groups is 1. The summed E-state index contributed by atoms with van der Waals surface area (Å²) in [5, 5.41) is -0.177. The van der Waals surface area contributed by atoms with E-state index in [1.54, 1.807) is 0 Å². The van der Waals surface area contributed by atoms with Crippen LogP contribution in [0, 0.1) is 29.1 Å². The van der Waals surface area contributed by atoms with E-state index < -0.39 is 62.0 Å². The van der Waals surface area contributed by atoms with Crippen LogP contribution in [0.1, 0.15) is 15.9 Å². The molecule has 0 radical (unpaired) electrons. The zero-order chi connectivity index (χ0) is 19.8. The third kappa shape index (κ3) is 3.80. The Morgan fingerprint density at radius 1 is 1.00 bits per heavy atom. The van der Waals surface area contributed by atoms with Crippen molar-refractivity contribution in [2.24, 2.45) is 0 Å². The summed E-state index contributed by atoms with van der Waals surface area (Å²) in [7, 11) is -3.79. The molecule has 0 bridgehead atoms. The second-order valence-corrected chi connectivity index (χ2v) is 7.43. The lowest BCUT2D eigenvalue weighted by molar-refractivity contribution is 0.0462. The van der Waals surface area contributed by atoms with Crippen molar-refractivity contribution in [3.05, 3.63) is 63.4 Å². The summed E-state index contributed by atoms with van der Waals surface area (Å²) < 4.78 is 93.8. The van der Waals surface area contributed by atoms with Gasteiger partial charge in [0.1, 0.15) is 6.61 Å². The lowest BCUT2D eigenvalue weighted by atomic mass is 10.1. The number of hydrogen-bond acceptors (Lipinski definition) is 4. The number of hydrogen-bond donors (Lipinski definition) is 0. The Labute approximate surface area is 149 Å². The molecule has 0 fully saturated rings. The minimum Gasteiger partial charge on any atom is -0.457 e. The zero-order valence-electron chi connectivity index (χ0n) is 12.7. The molecular weight excluding hydrogens is 407 g/mol. The number of benzene rings is 2. The molecule has 0 aliphatic rings. The molecule has 0 aromatic heterocycles. The fourth-order valence-electron chi connectivity index (χ4n) is 1.91. The molecule has 2 aromatic rings. The first-order chi connectivity index (χ1) is 11.9. The molecule has 26 heavy (non-hydrogen) atoms. The van der Waals surface area contributed by atoms with Crippen LogP contribution in [0.4, 0.5) is 22.0 Å². The van der Waals surface area contributed by atoms with E-state index >= 15 is 0 Å². The van der Waals surface area contributed by atoms with Crippen LogP contribution in [0.15, 0.2) is 23.1 Å². The maximum Gasteiger partial charge on any atom is 0.338 e. The van der Waals surface area contributed by atoms with Crippen LogP contribution in [-0.4, -0.2) is 20.6 Å². The van der Waals surface area contributed by atoms with Crippen LogP contribution in [-0.2, 0) is 21.2 Å². The maximum atomic E-state index is 13.5. The van der Waals surface area contributed by atoms with Crippen LogP contribution in [0.25, 0.3) is 0 Å². The van der Waals surface area contributed by atoms with Crippen LogP contribution < -0.4 is 0 Å². The standard InChI is InChI=1S/C15H8ClF5O4S/c1-26(23,24)9-4-6(2-3-8(9)16)15(22)25-5-7-10(17)12(19)14(21)13(20)11(7)18/h2-4H,5H2,1H3. The SMILES string of the molecule is CS(=O)(=O)c1cc(C(=O)OCc2c(F)c(F)c(F)c(F)c2F)ccc1Cl. The van der Waals surface area contributed by atoms with Crippen molar-refractivity contribution < 1.29 is 39.9 Å². The van der Waals surface area contributed by atoms with Gasteiger partial charge in [-0.1, -0.05) is 11.6 Å². The van der Waals surface area contributed by atoms with E-state index in [1.165, 1.54) is 0 Å². The van der Waals surface area contributed by atoms with Gasteiger partial charge in [-0.2, -0.15) is 0 Å². The summed E-state index contributed by atoms with van der Waals surface area (Å²) in [6.45, 7) is -1.26. The van der Waals surface area contributed by atoms with Crippen LogP contribution in [0.3, 0.4) is 0 Å². The van der Waals surface area contributed by atoms with Crippen molar-refractivity contribution in [2.45, 2.75) is 11.5 Å². The molecule has 2 aromatic carbocycles. The van der Waals surface area contributed by atoms with E-state index in [4.69, 9.17) is 11.6 Å². The van der Waals surface area contributed by atoms with Gasteiger partial charge in [0.15, 0.2) is 33.1 Å². The molecule has 0 saturated carbocycles. The van der Waals surface area contributed by atoms with Gasteiger partial charge in [-0.05, 0) is 18.2 Å². The van der Waals surface area contributed by atoms with Crippen molar-refractivity contribution in [1.29, 1.82) is 0 Å². The molecule has 0 heterocycles. The summed E-state index contributed by atoms with van der Waals surface area (Å²) >= 11 is 5.70. The predicted octanol–water partition coefficient (Wildman–Crippen LogP) is 3.80. The highest BCUT2D eigenvalue weighted by Gasteiger charge is 2.26. The Bertz CT molecular complexity index is 979. The number of rotatable bonds is 4. The van der Waals surface area contributed by atoms with Gasteiger partial charge in [-0.25, -0.2) is 35.2 Å². The number of halogens is 6. The van der Waals surface area contributed by atoms with Crippen molar-refractivity contribution in [3.63, 3.8) is 0 Å². The third-order valence-corrected chi connectivity index (χ3v) is 4.79. The lowest BCUT2D eigenvalue weighted by Gasteiger charge is -2.10. The van der Waals surface area contributed by atoms with Crippen molar-refractivity contribution in [1.82, 2.24) is 0 Å². The first kappa shape index (κ1) is 20.1. The van der Waals surface area contributed by atoms with Gasteiger partial charge in [0.2, 0.25) is 5.82 Å². The average Bonchev–Trinajstić information content (AvgIpc) is 2.57. The Balaban J connectivity index is 2.31. The van der Waals surface area contributed by atoms with Crippen molar-refractivity contribution in [2.75, 3.05) is 6.26 Å². The second kappa shape index (κ2) is 7.20. The summed E-state index contributed by atoms with van der Waals surface area (Å²) in [6, 6.07) is 3.00. The van der Waals surface area contributed by atoms with E-state index in [2.05, 4.69) is 4.74 Å². The zero-order valence-corrected chi connectivity index (χ0v) is 14.3. The normalized spacial score (nSPS) is 11.5. The first-order valence-corrected chi connectivity index (χ1v) is 8.89. The number of carbonyl (C=O) groups excluding carboxylic acids is 1. The van der Waals surface area contributed by atoms with E-state index in [1.807, 2.05) is 0 Å². The van der Waals surface area contributed by atoms with Gasteiger partial charge >= 0.3 is 5.97 Å². The highest BCUT2D eigenvalue weighted by molar-refractivity contribution is 7.90. The van der Waals surface area contributed by atoms with Crippen molar-refractivity contribution in [3.8, 4) is 0 Å². The molecule has 2 rings (SSSR count). The Kier molecular flexibility index (Phi) is 5.57. The molecule has 0 aliphatic heterocycles. The van der Waals surface area contributed by atoms with Crippen LogP contribution in [0.5, 0.6) is 0 Å². The van der Waals surface area contributed by atoms with Gasteiger partial charge in [-0.15, -0.1) is 0 Å². The highest BCUT2D eigenvalue weighted by Crippen LogP contribution is 2.25. The lowest BCUT2D eigenvalue weighted by Crippen LogP contribution is -2.12. The summed E-state index contributed by atoms with van der Waals surface area (Å²) in [5.41, 5.74) is -1.69. The smallest absolute Gasteiger partial charge is 0.338 e. The Morgan fingerprint density at radius 2 is 1.50 bits per heavy atom. The number of sulfone groups is 1. The molecule has 4 nitrogen and oxygen atoms in total. The Hall–Kier alpha value is -2.20. The van der Waals surface area contributed by atoms with Crippen LogP contribution >= 0.6 is 11.6 Å². The predicted molar refractivity (Wildman–Crippen MR) is 79.9 cm³/mol. The molecule has 0 amide bonds. The van der Waals surface area contributed by atoms with Gasteiger partial charge in [0, 0.05) is 6.26 Å². The molecule has 0 saturated heterocycles. The molecule has 0 unspecified atom stereocenters. The minimum absolute atomic E-state index is 0.177. The number of ether oxygens (including phenoxy) is 1. The molecule has 0 spiro atoms. The summed E-state index contributed by atoms with van der Waals surface area (Å²) in [5.74, 6) is -12.2. The molecule has 0 aliphatic carbocycles. The van der Waals surface area contributed by atoms with Gasteiger partial charge in [0.25, 0.3) is 0 Å². The second-order valence-electron chi connectivity index (χ2n) is 5.04. The van der Waals surface area contributed by atoms with Gasteiger partial charge in [-0.3, -0.25) is 0 Å². The summed E-state index contributed by atoms with van der Waals surface area (Å²) in [4.78, 5) is 11.5. The minimum atomic E-state index is -3.79. The molecule has 0 atom stereocenters. The molecule has 0 N–H and O–H groups in total. The largest absolute Gasteiger partial charge is 0.457 e. The van der Waals surface area contributed by atoms with E-state index in [0.29, 0.717) is 0 Å². The van der Waals surface area contributed by atoms with Crippen molar-refractivity contribution >= 4 is 27.4 Å². The third-order valence-electron chi connectivity index (χ3n) is 3.21. The van der Waals surface area contributed by atoms with E-state index in [0.717, 1.165) is 24.5 Å². The van der Waals surface area contributed by atoms with E-state index in [-0.39, 0.29) is 10.6 Å². The number of esters is 1. The molecule has 140 valence electrons. The van der Waals surface area contributed by atoms with Gasteiger partial charge < -0.3 is 4.74 Å². The first-order valence-electron chi connectivity index (χ1n) is 6.62. The fourth-order valence-corrected chi connectivity index (χ4v) is 3.21. The topological polar surface area (TPSA) is 60.4 Å². The van der Waals surface area contributed by atoms with Gasteiger partial charge in [0.05, 0.1) is 21.0 Å². The average molecular weight is 415 g/mol. The highest BCUT2D eigenvalue weighted by atomic mass is 35.5. The molecular formula is C15H8ClF5O4S. The maximum absolute atomic E-state index is 13.5. The summed E-state index contributed by atoms with van der Waals surface area (Å²) in [6.07, 6.45) is 0.831. The van der Waals surface area contributed by atoms with E-state index in [9.17, 15) is 35.2 Å². The van der Waals surface area contributed by atoms with Crippen LogP contribution in [0.2, 0.25) is 5.02 Å².